The number of ketones is 1. The van der Waals surface area contributed by atoms with Crippen LogP contribution in [0.25, 0.3) is 5.57 Å². The fraction of sp³-hybridized carbons (Fsp3) is 0.0476. The van der Waals surface area contributed by atoms with E-state index in [0.29, 0.717) is 17.0 Å². The zero-order valence-corrected chi connectivity index (χ0v) is 16.1. The van der Waals surface area contributed by atoms with E-state index < -0.39 is 0 Å². The molecular weight excluding hydrogens is 410 g/mol. The van der Waals surface area contributed by atoms with Gasteiger partial charge in [-0.1, -0.05) is 48.5 Å². The molecule has 0 aliphatic carbocycles. The van der Waals surface area contributed by atoms with E-state index in [9.17, 15) is 9.59 Å². The fourth-order valence-corrected chi connectivity index (χ4v) is 4.32. The molecule has 0 radical (unpaired) electrons. The second kappa shape index (κ2) is 7.02. The fourth-order valence-electron chi connectivity index (χ4n) is 3.02. The van der Waals surface area contributed by atoms with Gasteiger partial charge in [0.1, 0.15) is 0 Å². The lowest BCUT2D eigenvalue weighted by atomic mass is 10.1. The van der Waals surface area contributed by atoms with Gasteiger partial charge in [-0.25, -0.2) is 0 Å². The number of thiophene rings is 1. The number of amides is 1. The van der Waals surface area contributed by atoms with Crippen molar-refractivity contribution in [2.75, 3.05) is 4.90 Å². The summed E-state index contributed by atoms with van der Waals surface area (Å²) in [6.45, 7) is 0.479. The van der Waals surface area contributed by atoms with Crippen molar-refractivity contribution in [1.29, 1.82) is 0 Å². The molecule has 0 bridgehead atoms. The Labute approximate surface area is 163 Å². The van der Waals surface area contributed by atoms with Crippen molar-refractivity contribution >= 4 is 50.2 Å². The number of allylic oxidation sites excluding steroid dienone is 1. The molecule has 2 aromatic carbocycles. The molecule has 0 saturated carbocycles. The maximum Gasteiger partial charge on any atom is 0.259 e. The van der Waals surface area contributed by atoms with Gasteiger partial charge in [-0.3, -0.25) is 9.59 Å². The van der Waals surface area contributed by atoms with Crippen molar-refractivity contribution in [3.05, 3.63) is 92.6 Å². The second-order valence-electron chi connectivity index (χ2n) is 5.92. The Morgan fingerprint density at radius 2 is 1.73 bits per heavy atom. The van der Waals surface area contributed by atoms with Crippen LogP contribution in [0.2, 0.25) is 0 Å². The lowest BCUT2D eigenvalue weighted by Gasteiger charge is -2.17. The van der Waals surface area contributed by atoms with Gasteiger partial charge in [0.25, 0.3) is 5.91 Å². The predicted octanol–water partition coefficient (Wildman–Crippen LogP) is 5.32. The minimum atomic E-state index is -0.152. The largest absolute Gasteiger partial charge is 0.303 e. The number of hydrogen-bond donors (Lipinski definition) is 0. The maximum atomic E-state index is 13.0. The van der Waals surface area contributed by atoms with Crippen LogP contribution >= 0.6 is 27.3 Å². The first-order valence-electron chi connectivity index (χ1n) is 8.10. The summed E-state index contributed by atoms with van der Waals surface area (Å²) in [4.78, 5) is 28.0. The third-order valence-electron chi connectivity index (χ3n) is 4.24. The van der Waals surface area contributed by atoms with Gasteiger partial charge in [0, 0.05) is 11.6 Å². The van der Waals surface area contributed by atoms with Gasteiger partial charge >= 0.3 is 0 Å². The molecule has 0 fully saturated rings. The van der Waals surface area contributed by atoms with Crippen LogP contribution in [-0.4, -0.2) is 11.7 Å². The Kier molecular flexibility index (Phi) is 4.57. The average molecular weight is 424 g/mol. The van der Waals surface area contributed by atoms with Crippen molar-refractivity contribution in [2.24, 2.45) is 0 Å². The number of nitrogens with zero attached hydrogens (tertiary/aromatic N) is 1. The summed E-state index contributed by atoms with van der Waals surface area (Å²) in [6, 6.07) is 21.1. The van der Waals surface area contributed by atoms with Crippen molar-refractivity contribution in [1.82, 2.24) is 0 Å². The van der Waals surface area contributed by atoms with Gasteiger partial charge in [-0.05, 0) is 39.7 Å². The number of benzene rings is 2. The Bertz CT molecular complexity index is 1020. The molecule has 4 rings (SSSR count). The second-order valence-corrected chi connectivity index (χ2v) is 8.38. The van der Waals surface area contributed by atoms with E-state index in [1.165, 1.54) is 17.4 Å². The first-order valence-corrected chi connectivity index (χ1v) is 9.71. The highest BCUT2D eigenvalue weighted by atomic mass is 79.9. The molecule has 1 aliphatic heterocycles. The molecular formula is C21H14BrNO2S. The smallest absolute Gasteiger partial charge is 0.259 e. The van der Waals surface area contributed by atoms with Crippen LogP contribution in [0.1, 0.15) is 20.8 Å². The quantitative estimate of drug-likeness (QED) is 0.420. The van der Waals surface area contributed by atoms with Gasteiger partial charge < -0.3 is 4.90 Å². The summed E-state index contributed by atoms with van der Waals surface area (Å²) in [5.74, 6) is -0.292. The third kappa shape index (κ3) is 3.16. The topological polar surface area (TPSA) is 37.4 Å². The molecule has 3 nitrogen and oxygen atoms in total. The highest BCUT2D eigenvalue weighted by Crippen LogP contribution is 2.38. The normalized spacial score (nSPS) is 14.7. The molecule has 0 atom stereocenters. The Balaban J connectivity index is 1.71. The van der Waals surface area contributed by atoms with Gasteiger partial charge in [-0.15, -0.1) is 11.3 Å². The standard InChI is InChI=1S/C21H14BrNO2S/c22-20-11-10-19(26-20)18(24)12-16-15-8-4-5-9-17(15)23(21(16)25)13-14-6-2-1-3-7-14/h1-12H,13H2. The monoisotopic (exact) mass is 423 g/mol. The van der Waals surface area contributed by atoms with Crippen LogP contribution < -0.4 is 4.90 Å². The van der Waals surface area contributed by atoms with E-state index in [2.05, 4.69) is 15.9 Å². The molecule has 3 aromatic rings. The molecule has 1 aliphatic rings. The number of carbonyl (C=O) groups excluding carboxylic acids is 2. The molecule has 0 saturated heterocycles. The minimum Gasteiger partial charge on any atom is -0.303 e. The van der Waals surface area contributed by atoms with Crippen LogP contribution in [0, 0.1) is 0 Å². The number of para-hydroxylation sites is 1. The van der Waals surface area contributed by atoms with Crippen LogP contribution in [0.5, 0.6) is 0 Å². The number of rotatable bonds is 4. The maximum absolute atomic E-state index is 13.0. The van der Waals surface area contributed by atoms with Gasteiger partial charge in [0.15, 0.2) is 5.78 Å². The Hall–Kier alpha value is -2.50. The van der Waals surface area contributed by atoms with E-state index in [1.54, 1.807) is 11.0 Å². The number of fused-ring (bicyclic) bond motifs is 1. The molecule has 2 heterocycles. The molecule has 5 heteroatoms. The number of hydrogen-bond acceptors (Lipinski definition) is 3. The lowest BCUT2D eigenvalue weighted by molar-refractivity contribution is -0.113. The minimum absolute atomic E-state index is 0.140. The average Bonchev–Trinajstić information content (AvgIpc) is 3.20. The SMILES string of the molecule is O=C(C=C1C(=O)N(Cc2ccccc2)c2ccccc21)c1ccc(Br)s1. The van der Waals surface area contributed by atoms with E-state index in [4.69, 9.17) is 0 Å². The summed E-state index contributed by atoms with van der Waals surface area (Å²) >= 11 is 4.73. The summed E-state index contributed by atoms with van der Waals surface area (Å²) in [6.07, 6.45) is 1.46. The molecule has 1 aromatic heterocycles. The summed E-state index contributed by atoms with van der Waals surface area (Å²) in [5.41, 5.74) is 3.14. The first-order chi connectivity index (χ1) is 12.6. The molecule has 0 unspecified atom stereocenters. The van der Waals surface area contributed by atoms with E-state index in [-0.39, 0.29) is 11.7 Å². The predicted molar refractivity (Wildman–Crippen MR) is 108 cm³/mol. The van der Waals surface area contributed by atoms with Crippen LogP contribution in [0.3, 0.4) is 0 Å². The molecule has 1 amide bonds. The highest BCUT2D eigenvalue weighted by molar-refractivity contribution is 9.11. The lowest BCUT2D eigenvalue weighted by Crippen LogP contribution is -2.25. The van der Waals surface area contributed by atoms with Crippen molar-refractivity contribution in [3.63, 3.8) is 0 Å². The first kappa shape index (κ1) is 16.9. The summed E-state index contributed by atoms with van der Waals surface area (Å²) in [5, 5.41) is 0. The molecule has 0 N–H and O–H groups in total. The zero-order valence-electron chi connectivity index (χ0n) is 13.7. The zero-order chi connectivity index (χ0) is 18.1. The third-order valence-corrected chi connectivity index (χ3v) is 5.87. The Morgan fingerprint density at radius 1 is 1.00 bits per heavy atom. The van der Waals surface area contributed by atoms with E-state index in [0.717, 1.165) is 20.6 Å². The van der Waals surface area contributed by atoms with Crippen molar-refractivity contribution in [2.45, 2.75) is 6.54 Å². The molecule has 0 spiro atoms. The van der Waals surface area contributed by atoms with E-state index >= 15 is 0 Å². The number of carbonyl (C=O) groups is 2. The van der Waals surface area contributed by atoms with Crippen molar-refractivity contribution in [3.8, 4) is 0 Å². The van der Waals surface area contributed by atoms with Gasteiger partial charge in [-0.2, -0.15) is 0 Å². The van der Waals surface area contributed by atoms with Crippen molar-refractivity contribution < 1.29 is 9.59 Å². The number of halogens is 1. The van der Waals surface area contributed by atoms with Crippen LogP contribution in [0.4, 0.5) is 5.69 Å². The Morgan fingerprint density at radius 3 is 2.46 bits per heavy atom. The van der Waals surface area contributed by atoms with Crippen LogP contribution in [0.15, 0.2) is 76.6 Å². The van der Waals surface area contributed by atoms with Gasteiger partial charge in [0.2, 0.25) is 0 Å². The van der Waals surface area contributed by atoms with Crippen LogP contribution in [-0.2, 0) is 11.3 Å². The summed E-state index contributed by atoms with van der Waals surface area (Å²) < 4.78 is 0.892. The van der Waals surface area contributed by atoms with E-state index in [1.807, 2.05) is 60.7 Å². The van der Waals surface area contributed by atoms with Gasteiger partial charge in [0.05, 0.1) is 26.5 Å². The highest BCUT2D eigenvalue weighted by Gasteiger charge is 2.32. The summed E-state index contributed by atoms with van der Waals surface area (Å²) in [7, 11) is 0. The molecule has 128 valence electrons. The number of anilines is 1. The molecule has 26 heavy (non-hydrogen) atoms.